The molecule has 1 fully saturated rings. The van der Waals surface area contributed by atoms with Crippen LogP contribution in [0.5, 0.6) is 0 Å². The van der Waals surface area contributed by atoms with Gasteiger partial charge in [-0.1, -0.05) is 87.4 Å². The number of nitrogens with one attached hydrogen (secondary N) is 1. The average Bonchev–Trinajstić information content (AvgIpc) is 3.52. The summed E-state index contributed by atoms with van der Waals surface area (Å²) in [5.41, 5.74) is 12.0. The summed E-state index contributed by atoms with van der Waals surface area (Å²) >= 11 is 0. The quantitative estimate of drug-likeness (QED) is 0.0279. The second-order valence-electron chi connectivity index (χ2n) is 11.2. The normalized spacial score (nSPS) is 13.5. The molecule has 0 saturated heterocycles. The third-order valence-electron chi connectivity index (χ3n) is 7.45. The maximum atomic E-state index is 12.3. The first kappa shape index (κ1) is 38.4. The molecule has 0 aromatic heterocycles. The smallest absolute Gasteiger partial charge is 0.328 e. The molecule has 0 spiro atoms. The number of ether oxygens (including phenoxy) is 1. The van der Waals surface area contributed by atoms with Crippen molar-refractivity contribution in [1.82, 2.24) is 5.32 Å². The number of carbonyl (C=O) groups excluding carboxylic acids is 2. The number of esters is 1. The number of hydrogen-bond acceptors (Lipinski definition) is 7. The largest absolute Gasteiger partial charge is 0.464 e. The lowest BCUT2D eigenvalue weighted by molar-refractivity contribution is -0.757. The molecule has 1 aromatic carbocycles. The maximum Gasteiger partial charge on any atom is 0.328 e. The van der Waals surface area contributed by atoms with E-state index in [-0.39, 0.29) is 25.1 Å². The van der Waals surface area contributed by atoms with Crippen LogP contribution in [0.4, 0.5) is 0 Å². The standard InChI is InChI=1S/C17H31N5O6.C16H24/c1-2-3-4-5-10-15(23)21-14(9-8-11-20-17(18)19)16(24)27-12-6-7-13-28-22(25)26;1-3-9-15(10-4-1)11-5-2-6-12-16-13-7-8-14-16/h2-3,14H,4-13H2,1H3,(H,21,23)(H4,18,19,20);1,3-4,9-10,16H,2,5-8,11-14H2/b3-2-;. The first-order valence-corrected chi connectivity index (χ1v) is 16.3. The Morgan fingerprint density at radius 1 is 1.05 bits per heavy atom. The molecule has 2 rings (SSSR count). The molecule has 11 heteroatoms. The summed E-state index contributed by atoms with van der Waals surface area (Å²) in [5, 5.41) is 11.9. The van der Waals surface area contributed by atoms with Crippen LogP contribution in [-0.2, 0) is 25.6 Å². The van der Waals surface area contributed by atoms with Crippen LogP contribution >= 0.6 is 0 Å². The fourth-order valence-corrected chi connectivity index (χ4v) is 5.07. The third-order valence-corrected chi connectivity index (χ3v) is 7.45. The van der Waals surface area contributed by atoms with Gasteiger partial charge in [-0.25, -0.2) is 4.79 Å². The fraction of sp³-hybridized carbons (Fsp3) is 0.667. The van der Waals surface area contributed by atoms with Gasteiger partial charge in [0.1, 0.15) is 6.04 Å². The Balaban J connectivity index is 0.000000505. The van der Waals surface area contributed by atoms with Crippen LogP contribution in [0.2, 0.25) is 0 Å². The SMILES string of the molecule is C/C=C\CCCC(=O)NC(CCCN=C(N)N)C(=O)OCCCCO[N+](=O)[O-].c1ccc(CCCCCC2CCCC2)cc1. The molecule has 5 N–H and O–H groups in total. The van der Waals surface area contributed by atoms with Gasteiger partial charge >= 0.3 is 5.97 Å². The summed E-state index contributed by atoms with van der Waals surface area (Å²) in [7, 11) is 0. The molecule has 44 heavy (non-hydrogen) atoms. The van der Waals surface area contributed by atoms with Crippen molar-refractivity contribution >= 4 is 17.8 Å². The van der Waals surface area contributed by atoms with E-state index in [1.54, 1.807) is 0 Å². The Hall–Kier alpha value is -3.63. The van der Waals surface area contributed by atoms with Crippen molar-refractivity contribution in [3.05, 3.63) is 58.2 Å². The van der Waals surface area contributed by atoms with E-state index in [0.717, 1.165) is 12.3 Å². The molecule has 248 valence electrons. The molecule has 1 aliphatic carbocycles. The van der Waals surface area contributed by atoms with Crippen molar-refractivity contribution in [2.45, 2.75) is 116 Å². The van der Waals surface area contributed by atoms with Gasteiger partial charge in [-0.05, 0) is 69.8 Å². The molecule has 0 bridgehead atoms. The highest BCUT2D eigenvalue weighted by atomic mass is 16.9. The van der Waals surface area contributed by atoms with Gasteiger partial charge in [0.15, 0.2) is 5.96 Å². The summed E-state index contributed by atoms with van der Waals surface area (Å²) in [5.74, 6) is 0.259. The lowest BCUT2D eigenvalue weighted by atomic mass is 9.98. The van der Waals surface area contributed by atoms with E-state index in [2.05, 4.69) is 45.5 Å². The lowest BCUT2D eigenvalue weighted by Gasteiger charge is -2.17. The van der Waals surface area contributed by atoms with Crippen LogP contribution in [0, 0.1) is 16.0 Å². The van der Waals surface area contributed by atoms with Crippen molar-refractivity contribution in [3.63, 3.8) is 0 Å². The number of nitrogens with two attached hydrogens (primary N) is 2. The molecule has 1 atom stereocenters. The highest BCUT2D eigenvalue weighted by molar-refractivity contribution is 5.84. The number of allylic oxidation sites excluding steroid dienone is 2. The number of rotatable bonds is 22. The molecule has 0 aliphatic heterocycles. The van der Waals surface area contributed by atoms with E-state index >= 15 is 0 Å². The summed E-state index contributed by atoms with van der Waals surface area (Å²) in [6.45, 7) is 2.27. The summed E-state index contributed by atoms with van der Waals surface area (Å²) < 4.78 is 5.16. The lowest BCUT2D eigenvalue weighted by Crippen LogP contribution is -2.42. The van der Waals surface area contributed by atoms with Crippen LogP contribution in [0.3, 0.4) is 0 Å². The summed E-state index contributed by atoms with van der Waals surface area (Å²) in [4.78, 5) is 42.4. The zero-order chi connectivity index (χ0) is 32.3. The Bertz CT molecular complexity index is 963. The van der Waals surface area contributed by atoms with Crippen LogP contribution in [0.1, 0.15) is 109 Å². The number of benzene rings is 1. The molecule has 11 nitrogen and oxygen atoms in total. The first-order chi connectivity index (χ1) is 21.3. The Kier molecular flexibility index (Phi) is 22.5. The first-order valence-electron chi connectivity index (χ1n) is 16.3. The van der Waals surface area contributed by atoms with Gasteiger partial charge < -0.3 is 26.4 Å². The third kappa shape index (κ3) is 22.0. The molecule has 1 saturated carbocycles. The number of carbonyl (C=O) groups is 2. The molecule has 0 heterocycles. The van der Waals surface area contributed by atoms with E-state index in [0.29, 0.717) is 45.1 Å². The molecule has 1 unspecified atom stereocenters. The molecule has 1 aromatic rings. The van der Waals surface area contributed by atoms with E-state index in [1.165, 1.54) is 63.4 Å². The monoisotopic (exact) mass is 617 g/mol. The Morgan fingerprint density at radius 3 is 2.45 bits per heavy atom. The van der Waals surface area contributed by atoms with Crippen molar-refractivity contribution < 1.29 is 24.3 Å². The van der Waals surface area contributed by atoms with E-state index in [4.69, 9.17) is 16.2 Å². The van der Waals surface area contributed by atoms with Gasteiger partial charge in [0, 0.05) is 13.0 Å². The number of hydrogen-bond donors (Lipinski definition) is 3. The number of unbranched alkanes of at least 4 members (excludes halogenated alkanes) is 4. The van der Waals surface area contributed by atoms with Crippen LogP contribution < -0.4 is 16.8 Å². The number of aryl methyl sites for hydroxylation is 1. The van der Waals surface area contributed by atoms with E-state index in [9.17, 15) is 19.7 Å². The zero-order valence-electron chi connectivity index (χ0n) is 26.6. The zero-order valence-corrected chi connectivity index (χ0v) is 26.6. The van der Waals surface area contributed by atoms with Gasteiger partial charge in [-0.3, -0.25) is 9.79 Å². The number of nitrogens with zero attached hydrogens (tertiary/aromatic N) is 2. The average molecular weight is 618 g/mol. The Labute approximate surface area is 263 Å². The topological polar surface area (TPSA) is 172 Å². The van der Waals surface area contributed by atoms with Crippen LogP contribution in [0.25, 0.3) is 0 Å². The van der Waals surface area contributed by atoms with Gasteiger partial charge in [-0.2, -0.15) is 0 Å². The molecule has 1 amide bonds. The maximum absolute atomic E-state index is 12.3. The number of guanidine groups is 1. The summed E-state index contributed by atoms with van der Waals surface area (Å²) in [6.07, 6.45) is 20.3. The highest BCUT2D eigenvalue weighted by Crippen LogP contribution is 2.29. The summed E-state index contributed by atoms with van der Waals surface area (Å²) in [6, 6.07) is 10.1. The van der Waals surface area contributed by atoms with Gasteiger partial charge in [0.05, 0.1) is 13.2 Å². The minimum absolute atomic E-state index is 0.0379. The van der Waals surface area contributed by atoms with Crippen LogP contribution in [-0.4, -0.2) is 48.7 Å². The number of amides is 1. The molecular weight excluding hydrogens is 562 g/mol. The van der Waals surface area contributed by atoms with E-state index in [1.807, 2.05) is 19.1 Å². The van der Waals surface area contributed by atoms with Gasteiger partial charge in [0.2, 0.25) is 5.91 Å². The predicted octanol–water partition coefficient (Wildman–Crippen LogP) is 5.78. The fourth-order valence-electron chi connectivity index (χ4n) is 5.07. The second-order valence-corrected chi connectivity index (χ2v) is 11.2. The molecule has 1 aliphatic rings. The Morgan fingerprint density at radius 2 is 1.77 bits per heavy atom. The minimum atomic E-state index is -0.871. The number of aliphatic imine (C=N–C) groups is 1. The van der Waals surface area contributed by atoms with Crippen molar-refractivity contribution in [2.75, 3.05) is 19.8 Å². The predicted molar refractivity (Wildman–Crippen MR) is 174 cm³/mol. The van der Waals surface area contributed by atoms with Gasteiger partial charge in [0.25, 0.3) is 5.09 Å². The van der Waals surface area contributed by atoms with E-state index < -0.39 is 17.1 Å². The second kappa shape index (κ2) is 25.8. The highest BCUT2D eigenvalue weighted by Gasteiger charge is 2.21. The van der Waals surface area contributed by atoms with Crippen molar-refractivity contribution in [2.24, 2.45) is 22.4 Å². The van der Waals surface area contributed by atoms with Crippen LogP contribution in [0.15, 0.2) is 47.5 Å². The van der Waals surface area contributed by atoms with Crippen molar-refractivity contribution in [3.8, 4) is 0 Å². The minimum Gasteiger partial charge on any atom is -0.464 e. The van der Waals surface area contributed by atoms with Crippen molar-refractivity contribution in [1.29, 1.82) is 0 Å². The molecular formula is C33H55N5O6. The van der Waals surface area contributed by atoms with Gasteiger partial charge in [-0.15, -0.1) is 10.1 Å². The molecule has 0 radical (unpaired) electrons.